The standard InChI is InChI=1S/C8H14/c1-2-8-6-4-3-5-7-8/h3,8H,1-2,4-7H2. The van der Waals surface area contributed by atoms with Gasteiger partial charge in [-0.3, -0.25) is 0 Å². The number of hydrogen-bond acceptors (Lipinski definition) is 0. The quantitative estimate of drug-likeness (QED) is 0.486. The van der Waals surface area contributed by atoms with Crippen molar-refractivity contribution in [2.75, 3.05) is 0 Å². The first-order chi connectivity index (χ1) is 3.93. The second-order valence-corrected chi connectivity index (χ2v) is 2.60. The smallest absolute Gasteiger partial charge is 0.0386 e. The van der Waals surface area contributed by atoms with Crippen LogP contribution in [0.4, 0.5) is 0 Å². The number of hydrogen-bond donors (Lipinski definition) is 0. The fourth-order valence-corrected chi connectivity index (χ4v) is 1.28. The van der Waals surface area contributed by atoms with E-state index in [2.05, 4.69) is 13.3 Å². The molecule has 0 heterocycles. The molecule has 2 radical (unpaired) electrons. The Morgan fingerprint density at radius 3 is 2.38 bits per heavy atom. The van der Waals surface area contributed by atoms with Gasteiger partial charge in [-0.15, -0.1) is 0 Å². The minimum atomic E-state index is 0.944. The van der Waals surface area contributed by atoms with Crippen LogP contribution < -0.4 is 0 Å². The fourth-order valence-electron chi connectivity index (χ4n) is 1.28. The monoisotopic (exact) mass is 110 g/mol. The summed E-state index contributed by atoms with van der Waals surface area (Å²) in [6.07, 6.45) is 8.99. The SMILES string of the molecule is [CH2]CC1CC[CH]CC1. The summed E-state index contributed by atoms with van der Waals surface area (Å²) in [4.78, 5) is 0. The highest BCUT2D eigenvalue weighted by Crippen LogP contribution is 2.24. The van der Waals surface area contributed by atoms with E-state index >= 15 is 0 Å². The summed E-state index contributed by atoms with van der Waals surface area (Å²) in [7, 11) is 0. The van der Waals surface area contributed by atoms with Gasteiger partial charge in [0.1, 0.15) is 0 Å². The Morgan fingerprint density at radius 1 is 1.38 bits per heavy atom. The summed E-state index contributed by atoms with van der Waals surface area (Å²) in [5.74, 6) is 0.944. The molecule has 0 bridgehead atoms. The Labute approximate surface area is 52.3 Å². The van der Waals surface area contributed by atoms with Crippen LogP contribution in [0.25, 0.3) is 0 Å². The molecule has 1 saturated carbocycles. The third-order valence-corrected chi connectivity index (χ3v) is 1.97. The lowest BCUT2D eigenvalue weighted by atomic mass is 9.88. The van der Waals surface area contributed by atoms with E-state index in [1.54, 1.807) is 0 Å². The minimum absolute atomic E-state index is 0.944. The maximum atomic E-state index is 3.90. The van der Waals surface area contributed by atoms with Crippen molar-refractivity contribution in [2.24, 2.45) is 5.92 Å². The van der Waals surface area contributed by atoms with E-state index in [0.29, 0.717) is 0 Å². The largest absolute Gasteiger partial charge is 0.0530 e. The Balaban J connectivity index is 2.13. The van der Waals surface area contributed by atoms with E-state index in [0.717, 1.165) is 12.3 Å². The molecular weight excluding hydrogens is 96.1 g/mol. The van der Waals surface area contributed by atoms with Gasteiger partial charge in [0.25, 0.3) is 0 Å². The van der Waals surface area contributed by atoms with Crippen molar-refractivity contribution < 1.29 is 0 Å². The molecule has 0 aromatic rings. The second kappa shape index (κ2) is 3.11. The van der Waals surface area contributed by atoms with Crippen LogP contribution in [-0.4, -0.2) is 0 Å². The molecule has 0 aromatic carbocycles. The van der Waals surface area contributed by atoms with Gasteiger partial charge < -0.3 is 0 Å². The molecule has 1 aliphatic carbocycles. The average molecular weight is 110 g/mol. The van der Waals surface area contributed by atoms with Crippen molar-refractivity contribution in [3.05, 3.63) is 13.3 Å². The van der Waals surface area contributed by atoms with Gasteiger partial charge in [-0.1, -0.05) is 26.2 Å². The lowest BCUT2D eigenvalue weighted by molar-refractivity contribution is 0.408. The van der Waals surface area contributed by atoms with Crippen LogP contribution in [0.1, 0.15) is 32.1 Å². The third kappa shape index (κ3) is 1.50. The third-order valence-electron chi connectivity index (χ3n) is 1.97. The molecule has 0 aromatic heterocycles. The van der Waals surface area contributed by atoms with Crippen LogP contribution in [0.15, 0.2) is 0 Å². The highest BCUT2D eigenvalue weighted by Gasteiger charge is 2.09. The van der Waals surface area contributed by atoms with E-state index in [1.165, 1.54) is 25.7 Å². The van der Waals surface area contributed by atoms with Crippen LogP contribution >= 0.6 is 0 Å². The molecule has 0 heteroatoms. The van der Waals surface area contributed by atoms with Gasteiger partial charge >= 0.3 is 0 Å². The molecule has 46 valence electrons. The molecule has 0 atom stereocenters. The molecule has 8 heavy (non-hydrogen) atoms. The summed E-state index contributed by atoms with van der Waals surface area (Å²) in [5, 5.41) is 0. The molecule has 1 rings (SSSR count). The van der Waals surface area contributed by atoms with Crippen LogP contribution in [0.3, 0.4) is 0 Å². The fraction of sp³-hybridized carbons (Fsp3) is 0.750. The zero-order valence-corrected chi connectivity index (χ0v) is 5.40. The molecule has 0 saturated heterocycles. The van der Waals surface area contributed by atoms with E-state index < -0.39 is 0 Å². The molecule has 0 N–H and O–H groups in total. The van der Waals surface area contributed by atoms with Gasteiger partial charge in [0.05, 0.1) is 0 Å². The Bertz CT molecular complexity index is 51.1. The van der Waals surface area contributed by atoms with Crippen molar-refractivity contribution in [2.45, 2.75) is 32.1 Å². The average Bonchev–Trinajstić information content (AvgIpc) is 1.90. The molecular formula is C8H14. The molecule has 0 unspecified atom stereocenters. The zero-order valence-electron chi connectivity index (χ0n) is 5.40. The summed E-state index contributed by atoms with van der Waals surface area (Å²) < 4.78 is 0. The lowest BCUT2D eigenvalue weighted by Crippen LogP contribution is -2.04. The number of rotatable bonds is 1. The Morgan fingerprint density at radius 2 is 2.00 bits per heavy atom. The topological polar surface area (TPSA) is 0 Å². The van der Waals surface area contributed by atoms with E-state index in [-0.39, 0.29) is 0 Å². The minimum Gasteiger partial charge on any atom is -0.0530 e. The summed E-state index contributed by atoms with van der Waals surface area (Å²) in [6.45, 7) is 3.90. The predicted molar refractivity (Wildman–Crippen MR) is 36.2 cm³/mol. The van der Waals surface area contributed by atoms with Crippen molar-refractivity contribution in [1.82, 2.24) is 0 Å². The predicted octanol–water partition coefficient (Wildman–Crippen LogP) is 2.61. The molecule has 0 spiro atoms. The van der Waals surface area contributed by atoms with E-state index in [4.69, 9.17) is 0 Å². The van der Waals surface area contributed by atoms with E-state index in [1.807, 2.05) is 0 Å². The molecule has 0 aliphatic heterocycles. The van der Waals surface area contributed by atoms with Crippen LogP contribution in [0, 0.1) is 19.3 Å². The van der Waals surface area contributed by atoms with Crippen molar-refractivity contribution in [3.8, 4) is 0 Å². The second-order valence-electron chi connectivity index (χ2n) is 2.60. The van der Waals surface area contributed by atoms with Gasteiger partial charge in [0.2, 0.25) is 0 Å². The van der Waals surface area contributed by atoms with Crippen molar-refractivity contribution >= 4 is 0 Å². The maximum absolute atomic E-state index is 3.90. The van der Waals surface area contributed by atoms with Crippen LogP contribution in [-0.2, 0) is 0 Å². The molecule has 0 nitrogen and oxygen atoms in total. The van der Waals surface area contributed by atoms with Gasteiger partial charge in [-0.2, -0.15) is 0 Å². The first-order valence-electron chi connectivity index (χ1n) is 3.54. The molecule has 1 aliphatic rings. The zero-order chi connectivity index (χ0) is 5.82. The van der Waals surface area contributed by atoms with Gasteiger partial charge in [-0.25, -0.2) is 0 Å². The molecule has 0 amide bonds. The van der Waals surface area contributed by atoms with Gasteiger partial charge in [-0.05, 0) is 25.2 Å². The highest BCUT2D eigenvalue weighted by atomic mass is 14.2. The van der Waals surface area contributed by atoms with Crippen molar-refractivity contribution in [1.29, 1.82) is 0 Å². The lowest BCUT2D eigenvalue weighted by Gasteiger charge is -2.18. The van der Waals surface area contributed by atoms with Crippen LogP contribution in [0.5, 0.6) is 0 Å². The Kier molecular flexibility index (Phi) is 2.38. The summed E-state index contributed by atoms with van der Waals surface area (Å²) in [6, 6.07) is 0. The first-order valence-corrected chi connectivity index (χ1v) is 3.54. The normalized spacial score (nSPS) is 23.6. The van der Waals surface area contributed by atoms with E-state index in [9.17, 15) is 0 Å². The van der Waals surface area contributed by atoms with Gasteiger partial charge in [0, 0.05) is 0 Å². The molecule has 1 fully saturated rings. The van der Waals surface area contributed by atoms with Gasteiger partial charge in [0.15, 0.2) is 0 Å². The summed E-state index contributed by atoms with van der Waals surface area (Å²) in [5.41, 5.74) is 0. The van der Waals surface area contributed by atoms with Crippen molar-refractivity contribution in [3.63, 3.8) is 0 Å². The van der Waals surface area contributed by atoms with Crippen LogP contribution in [0.2, 0.25) is 0 Å². The summed E-state index contributed by atoms with van der Waals surface area (Å²) >= 11 is 0. The Hall–Kier alpha value is 0. The maximum Gasteiger partial charge on any atom is -0.0386 e. The first kappa shape index (κ1) is 6.12. The highest BCUT2D eigenvalue weighted by molar-refractivity contribution is 4.76.